The maximum absolute atomic E-state index is 5.73. The zero-order valence-corrected chi connectivity index (χ0v) is 10.5. The summed E-state index contributed by atoms with van der Waals surface area (Å²) < 4.78 is 11.0. The number of aromatic amines is 1. The van der Waals surface area contributed by atoms with Crippen molar-refractivity contribution in [1.29, 1.82) is 0 Å². The highest BCUT2D eigenvalue weighted by Crippen LogP contribution is 2.31. The van der Waals surface area contributed by atoms with E-state index in [2.05, 4.69) is 31.4 Å². The van der Waals surface area contributed by atoms with Crippen LogP contribution in [0.2, 0.25) is 0 Å². The minimum Gasteiger partial charge on any atom is -0.492 e. The van der Waals surface area contributed by atoms with Crippen LogP contribution in [-0.2, 0) is 6.42 Å². The Morgan fingerprint density at radius 3 is 3.10 bits per heavy atom. The molecule has 3 heterocycles. The predicted octanol–water partition coefficient (Wildman–Crippen LogP) is 1.57. The van der Waals surface area contributed by atoms with Crippen LogP contribution in [0, 0.1) is 0 Å². The van der Waals surface area contributed by atoms with E-state index in [0.29, 0.717) is 24.1 Å². The van der Waals surface area contributed by atoms with Crippen molar-refractivity contribution in [2.45, 2.75) is 12.3 Å². The third-order valence-electron chi connectivity index (χ3n) is 3.30. The molecule has 2 aromatic heterocycles. The van der Waals surface area contributed by atoms with E-state index in [0.717, 1.165) is 17.7 Å². The fraction of sp³-hybridized carbons (Fsp3) is 0.231. The number of nitrogens with zero attached hydrogens (tertiary/aromatic N) is 4. The second kappa shape index (κ2) is 4.44. The molecule has 1 atom stereocenters. The van der Waals surface area contributed by atoms with Gasteiger partial charge in [0.05, 0.1) is 5.92 Å². The van der Waals surface area contributed by atoms with Crippen LogP contribution in [0.4, 0.5) is 0 Å². The number of H-pyrrole nitrogens is 1. The average Bonchev–Trinajstić information content (AvgIpc) is 3.17. The highest BCUT2D eigenvalue weighted by atomic mass is 16.5. The molecule has 0 saturated heterocycles. The van der Waals surface area contributed by atoms with Crippen molar-refractivity contribution in [3.63, 3.8) is 0 Å². The first kappa shape index (κ1) is 11.2. The van der Waals surface area contributed by atoms with Crippen molar-refractivity contribution in [1.82, 2.24) is 25.3 Å². The van der Waals surface area contributed by atoms with E-state index in [1.54, 1.807) is 0 Å². The average molecular weight is 269 g/mol. The summed E-state index contributed by atoms with van der Waals surface area (Å²) in [6.45, 7) is 0.537. The van der Waals surface area contributed by atoms with Gasteiger partial charge in [0.25, 0.3) is 0 Å². The molecule has 1 unspecified atom stereocenters. The van der Waals surface area contributed by atoms with E-state index in [1.807, 2.05) is 18.2 Å². The van der Waals surface area contributed by atoms with Gasteiger partial charge in [-0.05, 0) is 18.1 Å². The van der Waals surface area contributed by atoms with E-state index in [1.165, 1.54) is 6.33 Å². The number of benzene rings is 1. The molecule has 0 radical (unpaired) electrons. The number of aromatic nitrogens is 5. The number of para-hydroxylation sites is 1. The highest BCUT2D eigenvalue weighted by Gasteiger charge is 2.26. The second-order valence-corrected chi connectivity index (χ2v) is 4.61. The smallest absolute Gasteiger partial charge is 0.239 e. The van der Waals surface area contributed by atoms with Gasteiger partial charge in [-0.15, -0.1) is 0 Å². The van der Waals surface area contributed by atoms with E-state index >= 15 is 0 Å². The van der Waals surface area contributed by atoms with Crippen LogP contribution < -0.4 is 4.74 Å². The Morgan fingerprint density at radius 1 is 1.25 bits per heavy atom. The van der Waals surface area contributed by atoms with Crippen LogP contribution in [0.15, 0.2) is 35.1 Å². The molecular formula is C13H11N5O2. The number of fused-ring (bicyclic) bond motifs is 1. The molecule has 0 bridgehead atoms. The van der Waals surface area contributed by atoms with E-state index in [9.17, 15) is 0 Å². The second-order valence-electron chi connectivity index (χ2n) is 4.61. The summed E-state index contributed by atoms with van der Waals surface area (Å²) in [6, 6.07) is 7.99. The predicted molar refractivity (Wildman–Crippen MR) is 68.1 cm³/mol. The van der Waals surface area contributed by atoms with Crippen LogP contribution in [0.1, 0.15) is 17.4 Å². The lowest BCUT2D eigenvalue weighted by Crippen LogP contribution is -2.19. The minimum absolute atomic E-state index is 0.0640. The van der Waals surface area contributed by atoms with Gasteiger partial charge >= 0.3 is 0 Å². The molecule has 7 heteroatoms. The zero-order valence-electron chi connectivity index (χ0n) is 10.5. The summed E-state index contributed by atoms with van der Waals surface area (Å²) in [5.41, 5.74) is 1.16. The van der Waals surface area contributed by atoms with Gasteiger partial charge in [0.15, 0.2) is 5.82 Å². The van der Waals surface area contributed by atoms with Gasteiger partial charge in [0.2, 0.25) is 11.7 Å². The Labute approximate surface area is 114 Å². The largest absolute Gasteiger partial charge is 0.492 e. The van der Waals surface area contributed by atoms with Crippen LogP contribution in [-0.4, -0.2) is 31.9 Å². The van der Waals surface area contributed by atoms with Gasteiger partial charge in [0.1, 0.15) is 18.7 Å². The van der Waals surface area contributed by atoms with Crippen molar-refractivity contribution in [2.75, 3.05) is 6.61 Å². The molecule has 0 spiro atoms. The Hall–Kier alpha value is -2.70. The van der Waals surface area contributed by atoms with Gasteiger partial charge in [-0.1, -0.05) is 23.4 Å². The number of nitrogens with one attached hydrogen (secondary N) is 1. The van der Waals surface area contributed by atoms with Crippen LogP contribution >= 0.6 is 0 Å². The number of hydrogen-bond acceptors (Lipinski definition) is 6. The molecular weight excluding hydrogens is 258 g/mol. The molecule has 1 aliphatic heterocycles. The minimum atomic E-state index is 0.0640. The van der Waals surface area contributed by atoms with Crippen molar-refractivity contribution in [3.8, 4) is 17.4 Å². The summed E-state index contributed by atoms with van der Waals surface area (Å²) in [5.74, 6) is 2.46. The third kappa shape index (κ3) is 1.83. The highest BCUT2D eigenvalue weighted by molar-refractivity contribution is 5.40. The lowest BCUT2D eigenvalue weighted by molar-refractivity contribution is 0.230. The Bertz CT molecular complexity index is 722. The first-order valence-electron chi connectivity index (χ1n) is 6.30. The molecule has 0 aliphatic carbocycles. The van der Waals surface area contributed by atoms with E-state index in [4.69, 9.17) is 9.26 Å². The van der Waals surface area contributed by atoms with Gasteiger partial charge in [0, 0.05) is 0 Å². The fourth-order valence-electron chi connectivity index (χ4n) is 2.30. The standard InChI is InChI=1S/C13H11N5O2/c1-2-4-10-8(3-1)5-9(6-19-10)13-16-12(18-20-13)11-14-7-15-17-11/h1-4,7,9H,5-6H2,(H,14,15,17). The summed E-state index contributed by atoms with van der Waals surface area (Å²) in [4.78, 5) is 8.36. The molecule has 1 N–H and O–H groups in total. The van der Waals surface area contributed by atoms with Crippen LogP contribution in [0.5, 0.6) is 5.75 Å². The first-order chi connectivity index (χ1) is 9.90. The van der Waals surface area contributed by atoms with Crippen LogP contribution in [0.3, 0.4) is 0 Å². The monoisotopic (exact) mass is 269 g/mol. The lowest BCUT2D eigenvalue weighted by Gasteiger charge is -2.22. The van der Waals surface area contributed by atoms with Crippen LogP contribution in [0.25, 0.3) is 11.6 Å². The molecule has 1 aliphatic rings. The molecule has 4 rings (SSSR count). The number of ether oxygens (including phenoxy) is 1. The Balaban J connectivity index is 1.60. The van der Waals surface area contributed by atoms with Crippen molar-refractivity contribution in [2.24, 2.45) is 0 Å². The lowest BCUT2D eigenvalue weighted by atomic mass is 9.97. The Morgan fingerprint density at radius 2 is 2.20 bits per heavy atom. The number of rotatable bonds is 2. The molecule has 7 nitrogen and oxygen atoms in total. The zero-order chi connectivity index (χ0) is 13.4. The van der Waals surface area contributed by atoms with Crippen molar-refractivity contribution in [3.05, 3.63) is 42.0 Å². The Kier molecular flexibility index (Phi) is 2.48. The maximum Gasteiger partial charge on any atom is 0.239 e. The quantitative estimate of drug-likeness (QED) is 0.759. The molecule has 0 saturated carbocycles. The normalized spacial score (nSPS) is 17.5. The summed E-state index contributed by atoms with van der Waals surface area (Å²) in [6.07, 6.45) is 2.24. The van der Waals surface area contributed by atoms with Crippen molar-refractivity contribution < 1.29 is 9.26 Å². The van der Waals surface area contributed by atoms with Gasteiger partial charge in [-0.25, -0.2) is 4.98 Å². The summed E-state index contributed by atoms with van der Waals surface area (Å²) in [7, 11) is 0. The first-order valence-corrected chi connectivity index (χ1v) is 6.30. The molecule has 1 aromatic carbocycles. The van der Waals surface area contributed by atoms with Gasteiger partial charge in [-0.2, -0.15) is 10.1 Å². The fourth-order valence-corrected chi connectivity index (χ4v) is 2.30. The van der Waals surface area contributed by atoms with Gasteiger partial charge < -0.3 is 9.26 Å². The SMILES string of the molecule is c1ccc2c(c1)CC(c1nc(-c3ncn[nH]3)no1)CO2. The van der Waals surface area contributed by atoms with Gasteiger partial charge in [-0.3, -0.25) is 5.10 Å². The summed E-state index contributed by atoms with van der Waals surface area (Å²) >= 11 is 0. The molecule has 3 aromatic rings. The summed E-state index contributed by atoms with van der Waals surface area (Å²) in [5, 5.41) is 10.4. The van der Waals surface area contributed by atoms with Crippen molar-refractivity contribution >= 4 is 0 Å². The maximum atomic E-state index is 5.73. The molecule has 0 amide bonds. The molecule has 100 valence electrons. The topological polar surface area (TPSA) is 89.7 Å². The van der Waals surface area contributed by atoms with E-state index < -0.39 is 0 Å². The van der Waals surface area contributed by atoms with E-state index in [-0.39, 0.29) is 5.92 Å². The molecule has 0 fully saturated rings. The number of hydrogen-bond donors (Lipinski definition) is 1. The molecule has 20 heavy (non-hydrogen) atoms. The third-order valence-corrected chi connectivity index (χ3v) is 3.30.